The lowest BCUT2D eigenvalue weighted by molar-refractivity contribution is -0.260. The Morgan fingerprint density at radius 1 is 0.907 bits per heavy atom. The number of hydrogen-bond acceptors (Lipinski definition) is 11. The summed E-state index contributed by atoms with van der Waals surface area (Å²) in [6, 6.07) is 5.56. The van der Waals surface area contributed by atoms with E-state index < -0.39 is 72.9 Å². The molecule has 1 aliphatic carbocycles. The van der Waals surface area contributed by atoms with Gasteiger partial charge in [-0.25, -0.2) is 4.79 Å². The highest BCUT2D eigenvalue weighted by Gasteiger charge is 2.51. The zero-order valence-corrected chi connectivity index (χ0v) is 23.7. The lowest BCUT2D eigenvalue weighted by Gasteiger charge is -2.45. The van der Waals surface area contributed by atoms with E-state index in [2.05, 4.69) is 35.4 Å². The summed E-state index contributed by atoms with van der Waals surface area (Å²) in [5.74, 6) is -1.53. The molecule has 1 aromatic rings. The number of alkyl carbamates (subject to hydrolysis) is 1. The standard InChI is InChI=1S/C25H32N10O8/c1-13(29-25(38)39-12-16-7-5-4-6-8-16)20-10-9-17(30-33-26)24(42-20)43-22-19(32-35-28)11-18(31-34-27)21(40-14(2)36)23(22)41-15(3)37/h4-8,13,17-24H,9-12H2,1-3H3,(H,29,38)/t13-,17+,18-,19+,20+,21+,22-,23-,24-/m1/s1. The van der Waals surface area contributed by atoms with E-state index in [1.807, 2.05) is 30.3 Å². The Morgan fingerprint density at radius 3 is 2.09 bits per heavy atom. The Labute approximate surface area is 245 Å². The Kier molecular flexibility index (Phi) is 12.2. The van der Waals surface area contributed by atoms with Crippen molar-refractivity contribution in [1.29, 1.82) is 0 Å². The van der Waals surface area contributed by atoms with Crippen LogP contribution in [0.1, 0.15) is 45.6 Å². The van der Waals surface area contributed by atoms with E-state index in [0.29, 0.717) is 6.42 Å². The summed E-state index contributed by atoms with van der Waals surface area (Å²) in [5, 5.41) is 13.9. The third-order valence-corrected chi connectivity index (χ3v) is 6.87. The molecule has 1 N–H and O–H groups in total. The molecule has 2 fully saturated rings. The van der Waals surface area contributed by atoms with E-state index in [4.69, 9.17) is 34.7 Å². The molecule has 1 aliphatic heterocycles. The van der Waals surface area contributed by atoms with Crippen molar-refractivity contribution in [3.63, 3.8) is 0 Å². The van der Waals surface area contributed by atoms with E-state index >= 15 is 0 Å². The lowest BCUT2D eigenvalue weighted by Crippen LogP contribution is -2.60. The maximum absolute atomic E-state index is 12.4. The Morgan fingerprint density at radius 2 is 1.49 bits per heavy atom. The molecule has 1 saturated carbocycles. The van der Waals surface area contributed by atoms with Crippen molar-refractivity contribution in [2.45, 2.75) is 102 Å². The molecule has 0 unspecified atom stereocenters. The number of nitrogens with zero attached hydrogens (tertiary/aromatic N) is 9. The molecule has 1 saturated heterocycles. The van der Waals surface area contributed by atoms with Crippen LogP contribution >= 0.6 is 0 Å². The number of amides is 1. The van der Waals surface area contributed by atoms with Crippen LogP contribution in [0.4, 0.5) is 4.79 Å². The highest BCUT2D eigenvalue weighted by Crippen LogP contribution is 2.35. The van der Waals surface area contributed by atoms with Gasteiger partial charge in [-0.15, -0.1) is 0 Å². The molecule has 43 heavy (non-hydrogen) atoms. The third-order valence-electron chi connectivity index (χ3n) is 6.87. The summed E-state index contributed by atoms with van der Waals surface area (Å²) in [6.07, 6.45) is -5.97. The van der Waals surface area contributed by atoms with Crippen LogP contribution in [0.5, 0.6) is 0 Å². The van der Waals surface area contributed by atoms with Crippen LogP contribution in [0.25, 0.3) is 31.3 Å². The molecule has 9 atom stereocenters. The van der Waals surface area contributed by atoms with E-state index in [1.165, 1.54) is 0 Å². The minimum atomic E-state index is -1.39. The third kappa shape index (κ3) is 9.39. The number of carbonyl (C=O) groups excluding carboxylic acids is 3. The van der Waals surface area contributed by atoms with Gasteiger partial charge in [0.1, 0.15) is 18.8 Å². The largest absolute Gasteiger partial charge is 0.458 e. The van der Waals surface area contributed by atoms with Gasteiger partial charge >= 0.3 is 18.0 Å². The molecule has 18 nitrogen and oxygen atoms in total. The van der Waals surface area contributed by atoms with Gasteiger partial charge in [0, 0.05) is 28.6 Å². The van der Waals surface area contributed by atoms with Gasteiger partial charge < -0.3 is 29.0 Å². The maximum atomic E-state index is 12.4. The van der Waals surface area contributed by atoms with Gasteiger partial charge in [-0.2, -0.15) is 0 Å². The quantitative estimate of drug-likeness (QED) is 0.124. The molecule has 3 rings (SSSR count). The SMILES string of the molecule is CC(=O)O[C@@H]1[C@@H](OC(C)=O)[C@H](N=[N+]=[N-])C[C@H](N=[N+]=[N-])[C@H]1O[C@H]1O[C@H]([C@@H](C)NC(=O)OCc2ccccc2)CC[C@@H]1N=[N+]=[N-]. The Hall–Kier alpha value is -4.72. The monoisotopic (exact) mass is 600 g/mol. The Bertz CT molecular complexity index is 1280. The van der Waals surface area contributed by atoms with Crippen molar-refractivity contribution < 1.29 is 38.1 Å². The molecule has 230 valence electrons. The zero-order valence-electron chi connectivity index (χ0n) is 23.7. The average molecular weight is 601 g/mol. The minimum Gasteiger partial charge on any atom is -0.458 e. The summed E-state index contributed by atoms with van der Waals surface area (Å²) >= 11 is 0. The Balaban J connectivity index is 1.82. The lowest BCUT2D eigenvalue weighted by atomic mass is 9.84. The van der Waals surface area contributed by atoms with E-state index in [1.54, 1.807) is 6.92 Å². The first-order valence-electron chi connectivity index (χ1n) is 13.4. The van der Waals surface area contributed by atoms with Gasteiger partial charge in [-0.05, 0) is 48.3 Å². The summed E-state index contributed by atoms with van der Waals surface area (Å²) in [6.45, 7) is 4.00. The number of azide groups is 3. The van der Waals surface area contributed by atoms with Crippen molar-refractivity contribution in [1.82, 2.24) is 5.32 Å². The summed E-state index contributed by atoms with van der Waals surface area (Å²) < 4.78 is 28.4. The first kappa shape index (κ1) is 32.8. The van der Waals surface area contributed by atoms with Gasteiger partial charge in [0.2, 0.25) is 0 Å². The van der Waals surface area contributed by atoms with Gasteiger partial charge in [-0.3, -0.25) is 9.59 Å². The summed E-state index contributed by atoms with van der Waals surface area (Å²) in [5.41, 5.74) is 28.3. The van der Waals surface area contributed by atoms with Crippen molar-refractivity contribution >= 4 is 18.0 Å². The van der Waals surface area contributed by atoms with Crippen molar-refractivity contribution in [3.05, 3.63) is 67.2 Å². The minimum absolute atomic E-state index is 0.0654. The van der Waals surface area contributed by atoms with Gasteiger partial charge in [0.25, 0.3) is 0 Å². The van der Waals surface area contributed by atoms with Crippen LogP contribution in [-0.2, 0) is 39.9 Å². The second-order valence-corrected chi connectivity index (χ2v) is 9.92. The highest BCUT2D eigenvalue weighted by molar-refractivity contribution is 5.68. The number of nitrogens with one attached hydrogen (secondary N) is 1. The zero-order chi connectivity index (χ0) is 31.4. The first-order chi connectivity index (χ1) is 20.7. The predicted octanol–water partition coefficient (Wildman–Crippen LogP) is 4.50. The van der Waals surface area contributed by atoms with Crippen LogP contribution in [0, 0.1) is 0 Å². The molecular weight excluding hydrogens is 568 g/mol. The maximum Gasteiger partial charge on any atom is 0.407 e. The number of carbonyl (C=O) groups is 3. The molecule has 1 aromatic carbocycles. The fraction of sp³-hybridized carbons (Fsp3) is 0.640. The number of rotatable bonds is 11. The van der Waals surface area contributed by atoms with Crippen molar-refractivity contribution in [2.75, 3.05) is 0 Å². The second kappa shape index (κ2) is 16.1. The molecule has 0 bridgehead atoms. The molecule has 2 aliphatic rings. The average Bonchev–Trinajstić information content (AvgIpc) is 2.96. The van der Waals surface area contributed by atoms with Crippen LogP contribution in [0.3, 0.4) is 0 Å². The van der Waals surface area contributed by atoms with E-state index in [9.17, 15) is 19.9 Å². The van der Waals surface area contributed by atoms with Crippen molar-refractivity contribution in [3.8, 4) is 0 Å². The smallest absolute Gasteiger partial charge is 0.407 e. The first-order valence-corrected chi connectivity index (χ1v) is 13.4. The fourth-order valence-electron chi connectivity index (χ4n) is 5.00. The predicted molar refractivity (Wildman–Crippen MR) is 147 cm³/mol. The molecule has 0 aromatic heterocycles. The molecule has 0 radical (unpaired) electrons. The number of ether oxygens (including phenoxy) is 5. The van der Waals surface area contributed by atoms with Gasteiger partial charge in [-0.1, -0.05) is 45.7 Å². The van der Waals surface area contributed by atoms with Crippen LogP contribution < -0.4 is 5.32 Å². The van der Waals surface area contributed by atoms with E-state index in [0.717, 1.165) is 19.4 Å². The van der Waals surface area contributed by atoms with Crippen LogP contribution in [0.2, 0.25) is 0 Å². The molecule has 1 amide bonds. The van der Waals surface area contributed by atoms with Crippen molar-refractivity contribution in [2.24, 2.45) is 15.3 Å². The van der Waals surface area contributed by atoms with Gasteiger partial charge in [0.05, 0.1) is 30.3 Å². The second-order valence-electron chi connectivity index (χ2n) is 9.92. The molecular formula is C25H32N10O8. The highest BCUT2D eigenvalue weighted by atomic mass is 16.7. The van der Waals surface area contributed by atoms with Crippen LogP contribution in [0.15, 0.2) is 45.7 Å². The number of hydrogen-bond donors (Lipinski definition) is 1. The number of esters is 2. The summed E-state index contributed by atoms with van der Waals surface area (Å²) in [7, 11) is 0. The molecule has 1 heterocycles. The molecule has 18 heteroatoms. The van der Waals surface area contributed by atoms with E-state index in [-0.39, 0.29) is 19.4 Å². The topological polar surface area (TPSA) is 256 Å². The molecule has 0 spiro atoms. The normalized spacial score (nSPS) is 28.8. The fourth-order valence-corrected chi connectivity index (χ4v) is 5.00. The number of benzene rings is 1. The summed E-state index contributed by atoms with van der Waals surface area (Å²) in [4.78, 5) is 45.0. The van der Waals surface area contributed by atoms with Gasteiger partial charge in [0.15, 0.2) is 12.4 Å². The van der Waals surface area contributed by atoms with Crippen LogP contribution in [-0.4, -0.2) is 72.9 Å².